The van der Waals surface area contributed by atoms with Gasteiger partial charge in [-0.2, -0.15) is 0 Å². The molecule has 0 amide bonds. The predicted molar refractivity (Wildman–Crippen MR) is 80.6 cm³/mol. The van der Waals surface area contributed by atoms with Gasteiger partial charge in [-0.3, -0.25) is 0 Å². The van der Waals surface area contributed by atoms with Crippen LogP contribution >= 0.6 is 15.9 Å². The van der Waals surface area contributed by atoms with Gasteiger partial charge < -0.3 is 20.1 Å². The summed E-state index contributed by atoms with van der Waals surface area (Å²) in [7, 11) is 0. The minimum absolute atomic E-state index is 0.0789. The average Bonchev–Trinajstić information content (AvgIpc) is 2.45. The van der Waals surface area contributed by atoms with Crippen LogP contribution in [0.3, 0.4) is 0 Å². The molecule has 1 aromatic carbocycles. The highest BCUT2D eigenvalue weighted by Gasteiger charge is 2.21. The third kappa shape index (κ3) is 3.92. The number of rotatable bonds is 5. The Balaban J connectivity index is 2.17. The lowest BCUT2D eigenvalue weighted by atomic mass is 10.1. The topological polar surface area (TPSA) is 44.7 Å². The number of hydrogen-bond donors (Lipinski definition) is 2. The van der Waals surface area contributed by atoms with E-state index in [1.165, 1.54) is 11.3 Å². The number of nitrogens with zero attached hydrogens (tertiary/aromatic N) is 1. The van der Waals surface area contributed by atoms with Crippen LogP contribution in [0.2, 0.25) is 0 Å². The van der Waals surface area contributed by atoms with Gasteiger partial charge in [0.05, 0.1) is 19.3 Å². The standard InChI is InChI=1S/C14H21BrN2O2/c1-2-16-8-11-7-12(15)3-4-14(11)17-5-6-19-13(9-17)10-18/h3-4,7,13,16,18H,2,5-6,8-10H2,1H3. The average molecular weight is 329 g/mol. The second-order valence-corrected chi connectivity index (χ2v) is 5.59. The van der Waals surface area contributed by atoms with Crippen LogP contribution in [-0.2, 0) is 11.3 Å². The van der Waals surface area contributed by atoms with Crippen molar-refractivity contribution in [2.45, 2.75) is 19.6 Å². The maximum atomic E-state index is 9.24. The van der Waals surface area contributed by atoms with Gasteiger partial charge in [0.15, 0.2) is 0 Å². The molecule has 0 saturated carbocycles. The number of ether oxygens (including phenoxy) is 1. The van der Waals surface area contributed by atoms with Crippen LogP contribution < -0.4 is 10.2 Å². The third-order valence-corrected chi connectivity index (χ3v) is 3.78. The predicted octanol–water partition coefficient (Wildman–Crippen LogP) is 1.76. The Hall–Kier alpha value is -0.620. The summed E-state index contributed by atoms with van der Waals surface area (Å²) in [6.45, 7) is 6.28. The molecule has 4 nitrogen and oxygen atoms in total. The molecule has 2 N–H and O–H groups in total. The number of aliphatic hydroxyl groups excluding tert-OH is 1. The molecule has 1 unspecified atom stereocenters. The Bertz CT molecular complexity index is 414. The first-order valence-corrected chi connectivity index (χ1v) is 7.50. The molecule has 1 saturated heterocycles. The van der Waals surface area contributed by atoms with Crippen molar-refractivity contribution in [3.8, 4) is 0 Å². The van der Waals surface area contributed by atoms with Crippen LogP contribution in [0.5, 0.6) is 0 Å². The van der Waals surface area contributed by atoms with Crippen LogP contribution in [0.1, 0.15) is 12.5 Å². The summed E-state index contributed by atoms with van der Waals surface area (Å²) in [5, 5.41) is 12.6. The van der Waals surface area contributed by atoms with Crippen molar-refractivity contribution in [3.63, 3.8) is 0 Å². The molecule has 1 heterocycles. The molecule has 0 bridgehead atoms. The molecule has 1 aliphatic heterocycles. The summed E-state index contributed by atoms with van der Waals surface area (Å²) in [4.78, 5) is 2.30. The van der Waals surface area contributed by atoms with Gasteiger partial charge in [-0.1, -0.05) is 22.9 Å². The number of nitrogens with one attached hydrogen (secondary N) is 1. The normalized spacial score (nSPS) is 19.7. The number of anilines is 1. The zero-order valence-electron chi connectivity index (χ0n) is 11.2. The van der Waals surface area contributed by atoms with Crippen LogP contribution in [-0.4, -0.2) is 44.1 Å². The monoisotopic (exact) mass is 328 g/mol. The summed E-state index contributed by atoms with van der Waals surface area (Å²) in [5.74, 6) is 0. The summed E-state index contributed by atoms with van der Waals surface area (Å²) < 4.78 is 6.60. The number of aliphatic hydroxyl groups is 1. The highest BCUT2D eigenvalue weighted by Crippen LogP contribution is 2.26. The molecule has 0 radical (unpaired) electrons. The first-order chi connectivity index (χ1) is 9.24. The van der Waals surface area contributed by atoms with Gasteiger partial charge in [0.1, 0.15) is 0 Å². The fourth-order valence-corrected chi connectivity index (χ4v) is 2.72. The zero-order valence-corrected chi connectivity index (χ0v) is 12.8. The molecule has 1 aliphatic rings. The van der Waals surface area contributed by atoms with Crippen LogP contribution in [0.4, 0.5) is 5.69 Å². The Kier molecular flexibility index (Phi) is 5.63. The number of morpholine rings is 1. The smallest absolute Gasteiger partial charge is 0.0980 e. The van der Waals surface area contributed by atoms with Crippen LogP contribution in [0.15, 0.2) is 22.7 Å². The molecular formula is C14H21BrN2O2. The van der Waals surface area contributed by atoms with Crippen molar-refractivity contribution in [1.82, 2.24) is 5.32 Å². The summed E-state index contributed by atoms with van der Waals surface area (Å²) in [6.07, 6.45) is -0.0793. The number of hydrogen-bond acceptors (Lipinski definition) is 4. The van der Waals surface area contributed by atoms with E-state index in [9.17, 15) is 5.11 Å². The maximum Gasteiger partial charge on any atom is 0.0980 e. The van der Waals surface area contributed by atoms with E-state index in [0.29, 0.717) is 6.61 Å². The fourth-order valence-electron chi connectivity index (χ4n) is 2.31. The van der Waals surface area contributed by atoms with Crippen molar-refractivity contribution in [1.29, 1.82) is 0 Å². The Morgan fingerprint density at radius 3 is 3.11 bits per heavy atom. The third-order valence-electron chi connectivity index (χ3n) is 3.29. The molecule has 2 rings (SSSR count). The van der Waals surface area contributed by atoms with Gasteiger partial charge in [-0.25, -0.2) is 0 Å². The van der Waals surface area contributed by atoms with E-state index in [1.807, 2.05) is 0 Å². The first kappa shape index (κ1) is 14.8. The van der Waals surface area contributed by atoms with Gasteiger partial charge in [-0.15, -0.1) is 0 Å². The lowest BCUT2D eigenvalue weighted by Crippen LogP contribution is -2.44. The highest BCUT2D eigenvalue weighted by atomic mass is 79.9. The lowest BCUT2D eigenvalue weighted by molar-refractivity contribution is 0.00352. The lowest BCUT2D eigenvalue weighted by Gasteiger charge is -2.35. The van der Waals surface area contributed by atoms with Gasteiger partial charge in [0.2, 0.25) is 0 Å². The molecular weight excluding hydrogens is 308 g/mol. The summed E-state index contributed by atoms with van der Waals surface area (Å²) >= 11 is 3.53. The minimum Gasteiger partial charge on any atom is -0.394 e. The SMILES string of the molecule is CCNCc1cc(Br)ccc1N1CCOC(CO)C1. The van der Waals surface area contributed by atoms with E-state index in [1.54, 1.807) is 0 Å². The van der Waals surface area contributed by atoms with E-state index in [-0.39, 0.29) is 12.7 Å². The Morgan fingerprint density at radius 2 is 2.37 bits per heavy atom. The molecule has 0 aliphatic carbocycles. The molecule has 106 valence electrons. The van der Waals surface area contributed by atoms with Crippen molar-refractivity contribution in [2.75, 3.05) is 37.7 Å². The maximum absolute atomic E-state index is 9.24. The van der Waals surface area contributed by atoms with E-state index in [2.05, 4.69) is 51.3 Å². The molecule has 5 heteroatoms. The van der Waals surface area contributed by atoms with Crippen LogP contribution in [0, 0.1) is 0 Å². The van der Waals surface area contributed by atoms with Crippen molar-refractivity contribution in [3.05, 3.63) is 28.2 Å². The number of halogens is 1. The molecule has 1 aromatic rings. The molecule has 1 atom stereocenters. The van der Waals surface area contributed by atoms with Crippen LogP contribution in [0.25, 0.3) is 0 Å². The van der Waals surface area contributed by atoms with Gasteiger partial charge in [0.25, 0.3) is 0 Å². The van der Waals surface area contributed by atoms with E-state index < -0.39 is 0 Å². The minimum atomic E-state index is -0.0793. The highest BCUT2D eigenvalue weighted by molar-refractivity contribution is 9.10. The molecule has 0 spiro atoms. The van der Waals surface area contributed by atoms with Gasteiger partial charge in [0, 0.05) is 29.8 Å². The Labute approximate surface area is 122 Å². The molecule has 19 heavy (non-hydrogen) atoms. The van der Waals surface area contributed by atoms with E-state index in [4.69, 9.17) is 4.74 Å². The Morgan fingerprint density at radius 1 is 1.53 bits per heavy atom. The second kappa shape index (κ2) is 7.24. The van der Waals surface area contributed by atoms with Crippen molar-refractivity contribution < 1.29 is 9.84 Å². The van der Waals surface area contributed by atoms with Crippen molar-refractivity contribution >= 4 is 21.6 Å². The van der Waals surface area contributed by atoms with E-state index in [0.717, 1.165) is 30.7 Å². The number of benzene rings is 1. The van der Waals surface area contributed by atoms with Gasteiger partial charge >= 0.3 is 0 Å². The second-order valence-electron chi connectivity index (χ2n) is 4.67. The zero-order chi connectivity index (χ0) is 13.7. The molecule has 1 fully saturated rings. The summed E-state index contributed by atoms with van der Waals surface area (Å²) in [6, 6.07) is 6.35. The fraction of sp³-hybridized carbons (Fsp3) is 0.571. The largest absolute Gasteiger partial charge is 0.394 e. The summed E-state index contributed by atoms with van der Waals surface area (Å²) in [5.41, 5.74) is 2.50. The quantitative estimate of drug-likeness (QED) is 0.864. The van der Waals surface area contributed by atoms with Gasteiger partial charge in [-0.05, 0) is 30.3 Å². The molecule has 0 aromatic heterocycles. The van der Waals surface area contributed by atoms with E-state index >= 15 is 0 Å². The first-order valence-electron chi connectivity index (χ1n) is 6.71. The van der Waals surface area contributed by atoms with Crippen molar-refractivity contribution in [2.24, 2.45) is 0 Å².